The van der Waals surface area contributed by atoms with E-state index in [1.807, 2.05) is 48.0 Å². The van der Waals surface area contributed by atoms with Crippen LogP contribution in [0.2, 0.25) is 0 Å². The maximum atomic E-state index is 12.8. The van der Waals surface area contributed by atoms with Crippen molar-refractivity contribution in [3.8, 4) is 21.9 Å². The molecule has 5 aromatic rings. The molecule has 31 heavy (non-hydrogen) atoms. The summed E-state index contributed by atoms with van der Waals surface area (Å²) in [6.07, 6.45) is 0. The molecular formula is C22H18N4O2S3. The number of benzene rings is 1. The van der Waals surface area contributed by atoms with Crippen LogP contribution in [0.5, 0.6) is 0 Å². The van der Waals surface area contributed by atoms with Crippen LogP contribution in [-0.4, -0.2) is 20.2 Å². The molecule has 0 saturated heterocycles. The first kappa shape index (κ1) is 20.2. The SMILES string of the molecule is Cc1ccc(-c2nnc(SC(C)c3nc4scc(-c5cccs5)c4c(=O)[nH]3)o2)cc1C. The highest BCUT2D eigenvalue weighted by Crippen LogP contribution is 2.37. The summed E-state index contributed by atoms with van der Waals surface area (Å²) < 4.78 is 5.85. The van der Waals surface area contributed by atoms with E-state index in [-0.39, 0.29) is 10.8 Å². The summed E-state index contributed by atoms with van der Waals surface area (Å²) in [7, 11) is 0. The number of nitrogens with zero attached hydrogens (tertiary/aromatic N) is 3. The number of nitrogens with one attached hydrogen (secondary N) is 1. The zero-order chi connectivity index (χ0) is 21.5. The molecule has 0 bridgehead atoms. The molecule has 1 unspecified atom stereocenters. The highest BCUT2D eigenvalue weighted by atomic mass is 32.2. The predicted molar refractivity (Wildman–Crippen MR) is 127 cm³/mol. The zero-order valence-electron chi connectivity index (χ0n) is 17.0. The van der Waals surface area contributed by atoms with Gasteiger partial charge < -0.3 is 9.40 Å². The molecule has 0 spiro atoms. The van der Waals surface area contributed by atoms with Crippen molar-refractivity contribution in [2.75, 3.05) is 0 Å². The minimum absolute atomic E-state index is 0.126. The molecule has 1 aromatic carbocycles. The van der Waals surface area contributed by atoms with E-state index in [0.717, 1.165) is 20.8 Å². The smallest absolute Gasteiger partial charge is 0.277 e. The molecular weight excluding hydrogens is 448 g/mol. The van der Waals surface area contributed by atoms with Crippen LogP contribution >= 0.6 is 34.4 Å². The Morgan fingerprint density at radius 1 is 1.13 bits per heavy atom. The summed E-state index contributed by atoms with van der Waals surface area (Å²) in [5.74, 6) is 1.07. The van der Waals surface area contributed by atoms with Gasteiger partial charge in [-0.15, -0.1) is 32.9 Å². The number of aromatic amines is 1. The molecule has 0 aliphatic heterocycles. The van der Waals surface area contributed by atoms with Crippen LogP contribution < -0.4 is 5.56 Å². The summed E-state index contributed by atoms with van der Waals surface area (Å²) in [5.41, 5.74) is 4.09. The first-order valence-corrected chi connectivity index (χ1v) is 12.3. The second-order valence-electron chi connectivity index (χ2n) is 7.19. The number of aryl methyl sites for hydroxylation is 2. The van der Waals surface area contributed by atoms with E-state index >= 15 is 0 Å². The van der Waals surface area contributed by atoms with E-state index in [9.17, 15) is 4.79 Å². The average Bonchev–Trinajstić information content (AvgIpc) is 3.50. The molecule has 9 heteroatoms. The van der Waals surface area contributed by atoms with E-state index in [1.165, 1.54) is 34.2 Å². The number of H-pyrrole nitrogens is 1. The molecule has 4 heterocycles. The highest BCUT2D eigenvalue weighted by Gasteiger charge is 2.19. The number of aromatic nitrogens is 4. The summed E-state index contributed by atoms with van der Waals surface area (Å²) in [4.78, 5) is 22.3. The Labute approximate surface area is 190 Å². The Morgan fingerprint density at radius 3 is 2.77 bits per heavy atom. The van der Waals surface area contributed by atoms with E-state index in [2.05, 4.69) is 29.0 Å². The maximum absolute atomic E-state index is 12.8. The third-order valence-corrected chi connectivity index (χ3v) is 7.79. The number of hydrogen-bond donors (Lipinski definition) is 1. The number of thioether (sulfide) groups is 1. The first-order valence-electron chi connectivity index (χ1n) is 9.62. The normalized spacial score (nSPS) is 12.5. The van der Waals surface area contributed by atoms with Gasteiger partial charge in [-0.3, -0.25) is 4.79 Å². The largest absolute Gasteiger partial charge is 0.411 e. The summed E-state index contributed by atoms with van der Waals surface area (Å²) in [5, 5.41) is 13.3. The molecule has 5 rings (SSSR count). The average molecular weight is 467 g/mol. The topological polar surface area (TPSA) is 84.7 Å². The van der Waals surface area contributed by atoms with Gasteiger partial charge in [-0.25, -0.2) is 4.98 Å². The molecule has 0 aliphatic rings. The first-order chi connectivity index (χ1) is 15.0. The Bertz CT molecular complexity index is 1430. The third kappa shape index (κ3) is 3.84. The molecule has 0 amide bonds. The van der Waals surface area contributed by atoms with Crippen LogP contribution in [0, 0.1) is 13.8 Å². The van der Waals surface area contributed by atoms with E-state index in [4.69, 9.17) is 9.40 Å². The molecule has 4 aromatic heterocycles. The van der Waals surface area contributed by atoms with Crippen molar-refractivity contribution in [1.29, 1.82) is 0 Å². The van der Waals surface area contributed by atoms with Gasteiger partial charge in [0.25, 0.3) is 10.8 Å². The summed E-state index contributed by atoms with van der Waals surface area (Å²) >= 11 is 4.47. The Balaban J connectivity index is 1.41. The van der Waals surface area contributed by atoms with Gasteiger partial charge in [-0.2, -0.15) is 0 Å². The van der Waals surface area contributed by atoms with Crippen molar-refractivity contribution in [1.82, 2.24) is 20.2 Å². The van der Waals surface area contributed by atoms with Gasteiger partial charge in [-0.05, 0) is 55.5 Å². The molecule has 0 radical (unpaired) electrons. The second-order valence-corrected chi connectivity index (χ2v) is 10.3. The lowest BCUT2D eigenvalue weighted by atomic mass is 10.1. The van der Waals surface area contributed by atoms with Crippen molar-refractivity contribution in [2.45, 2.75) is 31.2 Å². The van der Waals surface area contributed by atoms with Gasteiger partial charge in [0.15, 0.2) is 0 Å². The van der Waals surface area contributed by atoms with Crippen LogP contribution in [0.3, 0.4) is 0 Å². The molecule has 156 valence electrons. The predicted octanol–water partition coefficient (Wildman–Crippen LogP) is 6.23. The number of fused-ring (bicyclic) bond motifs is 1. The second kappa shape index (κ2) is 8.07. The summed E-state index contributed by atoms with van der Waals surface area (Å²) in [6, 6.07) is 10.0. The number of rotatable bonds is 5. The minimum atomic E-state index is -0.155. The Morgan fingerprint density at radius 2 is 2.00 bits per heavy atom. The zero-order valence-corrected chi connectivity index (χ0v) is 19.5. The summed E-state index contributed by atoms with van der Waals surface area (Å²) in [6.45, 7) is 6.08. The van der Waals surface area contributed by atoms with Crippen LogP contribution in [0.25, 0.3) is 32.1 Å². The fourth-order valence-electron chi connectivity index (χ4n) is 3.23. The van der Waals surface area contributed by atoms with Gasteiger partial charge in [0, 0.05) is 21.4 Å². The van der Waals surface area contributed by atoms with Crippen molar-refractivity contribution < 1.29 is 4.42 Å². The van der Waals surface area contributed by atoms with E-state index in [1.54, 1.807) is 11.3 Å². The van der Waals surface area contributed by atoms with Crippen LogP contribution in [0.4, 0.5) is 0 Å². The lowest BCUT2D eigenvalue weighted by Crippen LogP contribution is -2.12. The molecule has 1 N–H and O–H groups in total. The lowest BCUT2D eigenvalue weighted by Gasteiger charge is -2.07. The van der Waals surface area contributed by atoms with Crippen LogP contribution in [-0.2, 0) is 0 Å². The molecule has 0 fully saturated rings. The standard InChI is InChI=1S/C22H18N4O2S3/c1-11-6-7-14(9-12(11)2)20-25-26-22(28-20)31-13(3)18-23-19(27)17-15(10-30-21(17)24-18)16-5-4-8-29-16/h4-10,13H,1-3H3,(H,23,24,27). The number of hydrogen-bond acceptors (Lipinski definition) is 8. The van der Waals surface area contributed by atoms with Crippen LogP contribution in [0.1, 0.15) is 29.1 Å². The van der Waals surface area contributed by atoms with Crippen molar-refractivity contribution >= 4 is 44.7 Å². The monoisotopic (exact) mass is 466 g/mol. The van der Waals surface area contributed by atoms with Crippen molar-refractivity contribution in [3.63, 3.8) is 0 Å². The fraction of sp³-hybridized carbons (Fsp3) is 0.182. The van der Waals surface area contributed by atoms with E-state index < -0.39 is 0 Å². The van der Waals surface area contributed by atoms with Gasteiger partial charge in [0.2, 0.25) is 5.89 Å². The van der Waals surface area contributed by atoms with Gasteiger partial charge >= 0.3 is 0 Å². The highest BCUT2D eigenvalue weighted by molar-refractivity contribution is 7.99. The van der Waals surface area contributed by atoms with Gasteiger partial charge in [0.1, 0.15) is 10.7 Å². The van der Waals surface area contributed by atoms with Crippen molar-refractivity contribution in [3.05, 3.63) is 68.4 Å². The Kier molecular flexibility index (Phi) is 5.25. The minimum Gasteiger partial charge on any atom is -0.411 e. The molecule has 6 nitrogen and oxygen atoms in total. The van der Waals surface area contributed by atoms with Gasteiger partial charge in [0.05, 0.1) is 10.6 Å². The Hall–Kier alpha value is -2.75. The molecule has 0 aliphatic carbocycles. The fourth-order valence-corrected chi connectivity index (χ4v) is 5.74. The lowest BCUT2D eigenvalue weighted by molar-refractivity contribution is 0.465. The van der Waals surface area contributed by atoms with Crippen LogP contribution in [0.15, 0.2) is 55.5 Å². The molecule has 1 atom stereocenters. The van der Waals surface area contributed by atoms with Gasteiger partial charge in [-0.1, -0.05) is 23.9 Å². The number of thiophene rings is 2. The quantitative estimate of drug-likeness (QED) is 0.309. The van der Waals surface area contributed by atoms with E-state index in [0.29, 0.717) is 22.3 Å². The maximum Gasteiger partial charge on any atom is 0.277 e. The third-order valence-electron chi connectivity index (χ3n) is 5.07. The molecule has 0 saturated carbocycles. The van der Waals surface area contributed by atoms with Crippen molar-refractivity contribution in [2.24, 2.45) is 0 Å².